The van der Waals surface area contributed by atoms with Crippen LogP contribution in [0.15, 0.2) is 46.8 Å². The molecule has 0 atom stereocenters. The molecule has 1 aromatic carbocycles. The molecular weight excluding hydrogens is 434 g/mol. The number of nitrogens with one attached hydrogen (secondary N) is 2. The summed E-state index contributed by atoms with van der Waals surface area (Å²) in [6.07, 6.45) is 2.60. The standard InChI is InChI=1S/C17H16BrN5OS2/c1-2-7-23-14(21-22-17(23)25)9-13-10-26-16(19-13)20-15(24)8-11-3-5-12(18)6-4-11/h2-6,10H,1,7-9H2,(H,22,25)(H,19,20,24). The van der Waals surface area contributed by atoms with Gasteiger partial charge in [0.25, 0.3) is 0 Å². The molecule has 26 heavy (non-hydrogen) atoms. The van der Waals surface area contributed by atoms with Gasteiger partial charge in [0.15, 0.2) is 9.90 Å². The zero-order chi connectivity index (χ0) is 18.5. The minimum Gasteiger partial charge on any atom is -0.302 e. The number of carbonyl (C=O) groups excluding carboxylic acids is 1. The molecule has 0 aliphatic heterocycles. The average Bonchev–Trinajstić information content (AvgIpc) is 3.18. The smallest absolute Gasteiger partial charge is 0.230 e. The van der Waals surface area contributed by atoms with Gasteiger partial charge in [-0.2, -0.15) is 5.10 Å². The average molecular weight is 450 g/mol. The first-order valence-corrected chi connectivity index (χ1v) is 9.87. The highest BCUT2D eigenvalue weighted by atomic mass is 79.9. The molecule has 9 heteroatoms. The molecule has 2 heterocycles. The van der Waals surface area contributed by atoms with E-state index in [-0.39, 0.29) is 5.91 Å². The van der Waals surface area contributed by atoms with Gasteiger partial charge in [0.05, 0.1) is 18.5 Å². The maximum absolute atomic E-state index is 12.2. The van der Waals surface area contributed by atoms with Crippen LogP contribution in [0.4, 0.5) is 5.13 Å². The Bertz CT molecular complexity index is 974. The van der Waals surface area contributed by atoms with Crippen molar-refractivity contribution in [3.63, 3.8) is 0 Å². The van der Waals surface area contributed by atoms with E-state index >= 15 is 0 Å². The van der Waals surface area contributed by atoms with Crippen molar-refractivity contribution in [2.75, 3.05) is 5.32 Å². The van der Waals surface area contributed by atoms with Gasteiger partial charge in [-0.1, -0.05) is 34.1 Å². The first kappa shape index (κ1) is 18.7. The van der Waals surface area contributed by atoms with Gasteiger partial charge < -0.3 is 5.32 Å². The highest BCUT2D eigenvalue weighted by molar-refractivity contribution is 9.10. The number of aromatic nitrogens is 4. The number of thiazole rings is 1. The second kappa shape index (κ2) is 8.52. The largest absolute Gasteiger partial charge is 0.302 e. The second-order valence-electron chi connectivity index (χ2n) is 5.52. The molecule has 3 rings (SSSR count). The highest BCUT2D eigenvalue weighted by Gasteiger charge is 2.11. The minimum absolute atomic E-state index is 0.0949. The summed E-state index contributed by atoms with van der Waals surface area (Å²) in [5.41, 5.74) is 1.77. The van der Waals surface area contributed by atoms with Crippen molar-refractivity contribution >= 4 is 50.5 Å². The Balaban J connectivity index is 1.62. The lowest BCUT2D eigenvalue weighted by molar-refractivity contribution is -0.115. The van der Waals surface area contributed by atoms with Crippen LogP contribution in [0.3, 0.4) is 0 Å². The molecule has 0 bridgehead atoms. The van der Waals surface area contributed by atoms with Crippen LogP contribution in [0.25, 0.3) is 0 Å². The van der Waals surface area contributed by atoms with Gasteiger partial charge in [-0.25, -0.2) is 4.98 Å². The first-order chi connectivity index (χ1) is 12.5. The molecule has 6 nitrogen and oxygen atoms in total. The number of hydrogen-bond acceptors (Lipinski definition) is 5. The SMILES string of the molecule is C=CCn1c(Cc2csc(NC(=O)Cc3ccc(Br)cc3)n2)n[nH]c1=S. The van der Waals surface area contributed by atoms with E-state index in [2.05, 4.69) is 43.0 Å². The number of allylic oxidation sites excluding steroid dienone is 1. The predicted octanol–water partition coefficient (Wildman–Crippen LogP) is 4.12. The van der Waals surface area contributed by atoms with E-state index in [0.717, 1.165) is 21.6 Å². The number of anilines is 1. The molecule has 0 unspecified atom stereocenters. The van der Waals surface area contributed by atoms with Crippen molar-refractivity contribution in [2.45, 2.75) is 19.4 Å². The zero-order valence-electron chi connectivity index (χ0n) is 13.7. The lowest BCUT2D eigenvalue weighted by Crippen LogP contribution is -2.14. The van der Waals surface area contributed by atoms with Gasteiger partial charge in [-0.3, -0.25) is 14.5 Å². The van der Waals surface area contributed by atoms with Crippen LogP contribution in [0.1, 0.15) is 17.1 Å². The van der Waals surface area contributed by atoms with Gasteiger partial charge in [-0.15, -0.1) is 17.9 Å². The third-order valence-corrected chi connectivity index (χ3v) is 5.21. The van der Waals surface area contributed by atoms with Crippen LogP contribution in [-0.2, 0) is 24.2 Å². The van der Waals surface area contributed by atoms with Crippen molar-refractivity contribution in [1.29, 1.82) is 0 Å². The van der Waals surface area contributed by atoms with Gasteiger partial charge in [0.1, 0.15) is 5.82 Å². The molecule has 0 fully saturated rings. The van der Waals surface area contributed by atoms with Gasteiger partial charge in [-0.05, 0) is 29.9 Å². The summed E-state index contributed by atoms with van der Waals surface area (Å²) < 4.78 is 3.41. The molecule has 2 aromatic heterocycles. The fourth-order valence-corrected chi connectivity index (χ4v) is 3.58. The maximum atomic E-state index is 12.2. The minimum atomic E-state index is -0.0949. The summed E-state index contributed by atoms with van der Waals surface area (Å²) in [4.78, 5) is 16.6. The van der Waals surface area contributed by atoms with Gasteiger partial charge >= 0.3 is 0 Å². The first-order valence-electron chi connectivity index (χ1n) is 7.79. The predicted molar refractivity (Wildman–Crippen MR) is 109 cm³/mol. The van der Waals surface area contributed by atoms with E-state index in [1.807, 2.05) is 34.2 Å². The molecule has 0 saturated heterocycles. The second-order valence-corrected chi connectivity index (χ2v) is 7.68. The van der Waals surface area contributed by atoms with Crippen LogP contribution in [0.2, 0.25) is 0 Å². The molecule has 1 amide bonds. The van der Waals surface area contributed by atoms with E-state index in [1.54, 1.807) is 6.08 Å². The van der Waals surface area contributed by atoms with Crippen molar-refractivity contribution in [2.24, 2.45) is 0 Å². The lowest BCUT2D eigenvalue weighted by Gasteiger charge is -2.03. The topological polar surface area (TPSA) is 75.6 Å². The Labute approximate surface area is 168 Å². The summed E-state index contributed by atoms with van der Waals surface area (Å²) in [5.74, 6) is 0.690. The Morgan fingerprint density at radius 3 is 2.92 bits per heavy atom. The van der Waals surface area contributed by atoms with Crippen molar-refractivity contribution in [3.8, 4) is 0 Å². The van der Waals surface area contributed by atoms with E-state index in [1.165, 1.54) is 11.3 Å². The number of amides is 1. The number of hydrogen-bond donors (Lipinski definition) is 2. The Morgan fingerprint density at radius 2 is 2.19 bits per heavy atom. The molecule has 0 radical (unpaired) electrons. The molecule has 0 saturated carbocycles. The van der Waals surface area contributed by atoms with E-state index in [0.29, 0.717) is 29.3 Å². The molecule has 0 aliphatic carbocycles. The van der Waals surface area contributed by atoms with Crippen molar-refractivity contribution in [3.05, 3.63) is 68.6 Å². The number of nitrogens with zero attached hydrogens (tertiary/aromatic N) is 3. The number of aromatic amines is 1. The molecule has 134 valence electrons. The van der Waals surface area contributed by atoms with Gasteiger partial charge in [0.2, 0.25) is 5.91 Å². The highest BCUT2D eigenvalue weighted by Crippen LogP contribution is 2.18. The summed E-state index contributed by atoms with van der Waals surface area (Å²) in [7, 11) is 0. The molecular formula is C17H16BrN5OS2. The quantitative estimate of drug-likeness (QED) is 0.420. The van der Waals surface area contributed by atoms with E-state index in [9.17, 15) is 4.79 Å². The van der Waals surface area contributed by atoms with Crippen molar-refractivity contribution < 1.29 is 4.79 Å². The van der Waals surface area contributed by atoms with Crippen molar-refractivity contribution in [1.82, 2.24) is 19.7 Å². The molecule has 0 aliphatic rings. The number of benzene rings is 1. The normalized spacial score (nSPS) is 10.7. The summed E-state index contributed by atoms with van der Waals surface area (Å²) in [6, 6.07) is 7.67. The Kier molecular flexibility index (Phi) is 6.12. The zero-order valence-corrected chi connectivity index (χ0v) is 17.0. The monoisotopic (exact) mass is 449 g/mol. The summed E-state index contributed by atoms with van der Waals surface area (Å²) in [5, 5.41) is 12.3. The third-order valence-electron chi connectivity index (χ3n) is 3.56. The Hall–Kier alpha value is -2.10. The van der Waals surface area contributed by atoms with E-state index < -0.39 is 0 Å². The van der Waals surface area contributed by atoms with Crippen LogP contribution in [-0.4, -0.2) is 25.7 Å². The van der Waals surface area contributed by atoms with Crippen LogP contribution in [0, 0.1) is 4.77 Å². The maximum Gasteiger partial charge on any atom is 0.230 e. The summed E-state index contributed by atoms with van der Waals surface area (Å²) >= 11 is 9.98. The lowest BCUT2D eigenvalue weighted by atomic mass is 10.1. The summed E-state index contributed by atoms with van der Waals surface area (Å²) in [6.45, 7) is 4.32. The molecule has 0 spiro atoms. The number of H-pyrrole nitrogens is 1. The molecule has 2 N–H and O–H groups in total. The van der Waals surface area contributed by atoms with E-state index in [4.69, 9.17) is 12.2 Å². The van der Waals surface area contributed by atoms with Crippen LogP contribution < -0.4 is 5.32 Å². The third kappa shape index (κ3) is 4.75. The number of carbonyl (C=O) groups is 1. The van der Waals surface area contributed by atoms with Crippen LogP contribution >= 0.6 is 39.5 Å². The Morgan fingerprint density at radius 1 is 1.42 bits per heavy atom. The number of rotatable bonds is 7. The van der Waals surface area contributed by atoms with Gasteiger partial charge in [0, 0.05) is 16.4 Å². The fourth-order valence-electron chi connectivity index (χ4n) is 2.36. The molecule has 3 aromatic rings. The number of halogens is 1. The van der Waals surface area contributed by atoms with Crippen LogP contribution in [0.5, 0.6) is 0 Å². The fraction of sp³-hybridized carbons (Fsp3) is 0.176.